The minimum absolute atomic E-state index is 0.0566. The van der Waals surface area contributed by atoms with Gasteiger partial charge in [0.05, 0.1) is 23.5 Å². The van der Waals surface area contributed by atoms with Crippen molar-refractivity contribution in [3.05, 3.63) is 59.2 Å². The van der Waals surface area contributed by atoms with Gasteiger partial charge < -0.3 is 41.0 Å². The Bertz CT molecular complexity index is 2310. The zero-order valence-electron chi connectivity index (χ0n) is 36.3. The number of amides is 4. The highest BCUT2D eigenvalue weighted by Crippen LogP contribution is 2.47. The maximum atomic E-state index is 15.0. The van der Waals surface area contributed by atoms with E-state index in [1.807, 2.05) is 18.7 Å². The Morgan fingerprint density at radius 2 is 1.20 bits per heavy atom. The molecular weight excluding hydrogens is 779 g/mol. The number of carbonyl (C=O) groups excluding carboxylic acids is 4. The monoisotopic (exact) mass is 840 g/mol. The third-order valence-electron chi connectivity index (χ3n) is 14.7. The highest BCUT2D eigenvalue weighted by molar-refractivity contribution is 5.97. The van der Waals surface area contributed by atoms with Gasteiger partial charge >= 0.3 is 0 Å². The molecule has 328 valence electrons. The number of aromatic nitrogens is 2. The van der Waals surface area contributed by atoms with E-state index >= 15 is 4.39 Å². The van der Waals surface area contributed by atoms with Gasteiger partial charge in [0.15, 0.2) is 0 Å². The van der Waals surface area contributed by atoms with Crippen molar-refractivity contribution in [3.63, 3.8) is 0 Å². The van der Waals surface area contributed by atoms with Gasteiger partial charge in [-0.25, -0.2) is 8.78 Å². The van der Waals surface area contributed by atoms with Crippen LogP contribution in [0.3, 0.4) is 0 Å². The van der Waals surface area contributed by atoms with Gasteiger partial charge in [0.1, 0.15) is 23.7 Å². The number of hydrogen-bond donors (Lipinski definition) is 6. The molecule has 4 aliphatic rings. The molecule has 14 heteroatoms. The lowest BCUT2D eigenvalue weighted by molar-refractivity contribution is -0.142. The fourth-order valence-corrected chi connectivity index (χ4v) is 11.2. The molecule has 2 aliphatic heterocycles. The number of hydrogen-bond acceptors (Lipinski definition) is 6. The maximum Gasteiger partial charge on any atom is 0.245 e. The number of rotatable bonds is 15. The first-order valence-electron chi connectivity index (χ1n) is 22.5. The van der Waals surface area contributed by atoms with Crippen LogP contribution < -0.4 is 21.3 Å². The lowest BCUT2D eigenvalue weighted by Crippen LogP contribution is -2.58. The summed E-state index contributed by atoms with van der Waals surface area (Å²) in [5.41, 5.74) is 4.60. The number of likely N-dealkylation sites (N-methyl/N-ethyl adjacent to an activating group) is 2. The summed E-state index contributed by atoms with van der Waals surface area (Å²) < 4.78 is 30.0. The largest absolute Gasteiger partial charge is 0.353 e. The van der Waals surface area contributed by atoms with Crippen molar-refractivity contribution in [1.29, 1.82) is 0 Å². The number of halogens is 2. The number of likely N-dealkylation sites (tertiary alicyclic amines) is 2. The van der Waals surface area contributed by atoms with Crippen LogP contribution >= 0.6 is 0 Å². The topological polar surface area (TPSA) is 154 Å². The Kier molecular flexibility index (Phi) is 12.3. The molecule has 2 aliphatic carbocycles. The van der Waals surface area contributed by atoms with E-state index in [1.165, 1.54) is 24.3 Å². The molecule has 4 amide bonds. The molecule has 4 aromatic rings. The molecule has 0 spiro atoms. The molecular formula is C47H62F2N8O4. The fourth-order valence-electron chi connectivity index (χ4n) is 11.2. The number of nitrogens with one attached hydrogen (secondary N) is 6. The number of fused-ring (bicyclic) bond motifs is 6. The van der Waals surface area contributed by atoms with E-state index < -0.39 is 24.2 Å². The standard InChI is InChI=1S/C47H62F2N8O4/c1-7-37(54-44(58)24(3)50-5)46(60)56-30-13-9-26(17-30)18-32(56)22-35-33-15-11-28(48)20-39(33)52-42(35)43-36(34-16-12-29(49)21-40(34)53-43)23-41-27-10-14-31(19-27)57(41)47(61)38(8-2)55-45(59)25(4)51-6/h11-12,15-16,20-21,24-27,30-32,37-38,41,50-53H,7-10,13-14,17-19,22-23H2,1-6H3,(H,54,58)(H,55,59)/t24-,25-,26?,27?,30?,31?,32-,37-,38-,41+/m0/s1. The van der Waals surface area contributed by atoms with Crippen LogP contribution in [-0.4, -0.2) is 106 Å². The van der Waals surface area contributed by atoms with E-state index in [2.05, 4.69) is 36.1 Å². The first-order chi connectivity index (χ1) is 29.3. The summed E-state index contributed by atoms with van der Waals surface area (Å²) in [6, 6.07) is 7.06. The smallest absolute Gasteiger partial charge is 0.245 e. The maximum absolute atomic E-state index is 15.0. The molecule has 2 aromatic heterocycles. The summed E-state index contributed by atoms with van der Waals surface area (Å²) in [5, 5.41) is 13.6. The molecule has 12 nitrogen and oxygen atoms in total. The number of benzene rings is 2. The Labute approximate surface area is 356 Å². The molecule has 0 radical (unpaired) electrons. The van der Waals surface area contributed by atoms with Crippen molar-refractivity contribution < 1.29 is 28.0 Å². The van der Waals surface area contributed by atoms with E-state index in [1.54, 1.807) is 40.1 Å². The molecule has 2 aromatic carbocycles. The molecule has 6 N–H and O–H groups in total. The molecule has 10 atom stereocenters. The first-order valence-corrected chi connectivity index (χ1v) is 22.5. The SMILES string of the molecule is CC[C@H](NC(=O)[C@H](C)NC)C(=O)N1C2CCC(C2)C[C@H]1Cc1c(-c2[nH]c3cc(F)ccc3c2C[C@@H]2C3CCC(C3)N2C(=O)[C@H](CC)NC(=O)[C@H](C)NC)[nH]c2cc(F)ccc12. The van der Waals surface area contributed by atoms with Crippen LogP contribution in [0.15, 0.2) is 36.4 Å². The number of piperidine rings is 2. The van der Waals surface area contributed by atoms with Crippen LogP contribution in [0.2, 0.25) is 0 Å². The Morgan fingerprint density at radius 1 is 0.689 bits per heavy atom. The molecule has 2 saturated carbocycles. The lowest BCUT2D eigenvalue weighted by Gasteiger charge is -2.43. The van der Waals surface area contributed by atoms with Gasteiger partial charge in [-0.05, 0) is 158 Å². The van der Waals surface area contributed by atoms with Gasteiger partial charge in [-0.1, -0.05) is 13.8 Å². The third-order valence-corrected chi connectivity index (χ3v) is 14.7. The Balaban J connectivity index is 1.19. The van der Waals surface area contributed by atoms with Gasteiger partial charge in [-0.15, -0.1) is 0 Å². The number of aromatic amines is 2. The minimum atomic E-state index is -0.672. The minimum Gasteiger partial charge on any atom is -0.353 e. The molecule has 4 fully saturated rings. The molecule has 2 saturated heterocycles. The molecule has 4 heterocycles. The quantitative estimate of drug-likeness (QED) is 0.0886. The average molecular weight is 841 g/mol. The van der Waals surface area contributed by atoms with E-state index in [0.29, 0.717) is 42.6 Å². The zero-order valence-corrected chi connectivity index (χ0v) is 36.3. The fraction of sp³-hybridized carbons (Fsp3) is 0.574. The van der Waals surface area contributed by atoms with E-state index in [9.17, 15) is 23.6 Å². The van der Waals surface area contributed by atoms with Gasteiger partial charge in [-0.2, -0.15) is 0 Å². The summed E-state index contributed by atoms with van der Waals surface area (Å²) in [6.07, 6.45) is 8.35. The highest BCUT2D eigenvalue weighted by Gasteiger charge is 2.50. The van der Waals surface area contributed by atoms with Crippen molar-refractivity contribution in [2.75, 3.05) is 14.1 Å². The second-order valence-electron chi connectivity index (χ2n) is 18.2. The van der Waals surface area contributed by atoms with Crippen LogP contribution in [0.4, 0.5) is 8.78 Å². The van der Waals surface area contributed by atoms with Crippen molar-refractivity contribution in [3.8, 4) is 11.4 Å². The average Bonchev–Trinajstić information content (AvgIpc) is 4.09. The number of nitrogens with zero attached hydrogens (tertiary/aromatic N) is 2. The number of H-pyrrole nitrogens is 2. The lowest BCUT2D eigenvalue weighted by atomic mass is 9.86. The number of carbonyl (C=O) groups is 4. The van der Waals surface area contributed by atoms with E-state index in [4.69, 9.17) is 0 Å². The molecule has 4 unspecified atom stereocenters. The Hall–Kier alpha value is -4.82. The van der Waals surface area contributed by atoms with Gasteiger partial charge in [0.25, 0.3) is 0 Å². The summed E-state index contributed by atoms with van der Waals surface area (Å²) in [5.74, 6) is -0.642. The van der Waals surface area contributed by atoms with Crippen LogP contribution in [0.5, 0.6) is 0 Å². The van der Waals surface area contributed by atoms with Crippen molar-refractivity contribution in [1.82, 2.24) is 41.0 Å². The second kappa shape index (κ2) is 17.5. The highest BCUT2D eigenvalue weighted by atomic mass is 19.1. The molecule has 4 bridgehead atoms. The van der Waals surface area contributed by atoms with Crippen LogP contribution in [0.1, 0.15) is 96.6 Å². The van der Waals surface area contributed by atoms with E-state index in [-0.39, 0.29) is 65.3 Å². The predicted molar refractivity (Wildman–Crippen MR) is 233 cm³/mol. The summed E-state index contributed by atoms with van der Waals surface area (Å²) in [6.45, 7) is 7.37. The van der Waals surface area contributed by atoms with E-state index in [0.717, 1.165) is 78.2 Å². The summed E-state index contributed by atoms with van der Waals surface area (Å²) >= 11 is 0. The normalized spacial score (nSPS) is 25.2. The second-order valence-corrected chi connectivity index (χ2v) is 18.2. The van der Waals surface area contributed by atoms with Crippen molar-refractivity contribution in [2.45, 2.75) is 147 Å². The zero-order chi connectivity index (χ0) is 43.3. The Morgan fingerprint density at radius 3 is 1.74 bits per heavy atom. The molecule has 61 heavy (non-hydrogen) atoms. The van der Waals surface area contributed by atoms with Crippen LogP contribution in [0, 0.1) is 23.5 Å². The van der Waals surface area contributed by atoms with Gasteiger partial charge in [0, 0.05) is 46.0 Å². The van der Waals surface area contributed by atoms with Crippen LogP contribution in [-0.2, 0) is 32.0 Å². The summed E-state index contributed by atoms with van der Waals surface area (Å²) in [4.78, 5) is 66.4. The molecule has 8 rings (SSSR count). The van der Waals surface area contributed by atoms with Crippen LogP contribution in [0.25, 0.3) is 33.2 Å². The first kappa shape index (κ1) is 42.9. The third kappa shape index (κ3) is 8.06. The van der Waals surface area contributed by atoms with Crippen molar-refractivity contribution in [2.24, 2.45) is 11.8 Å². The van der Waals surface area contributed by atoms with Gasteiger partial charge in [0.2, 0.25) is 23.6 Å². The summed E-state index contributed by atoms with van der Waals surface area (Å²) in [7, 11) is 3.43. The predicted octanol–water partition coefficient (Wildman–Crippen LogP) is 5.83. The van der Waals surface area contributed by atoms with Gasteiger partial charge in [-0.3, -0.25) is 19.2 Å². The van der Waals surface area contributed by atoms with Crippen molar-refractivity contribution >= 4 is 45.4 Å².